The first-order chi connectivity index (χ1) is 15.8. The quantitative estimate of drug-likeness (QED) is 0.300. The Bertz CT molecular complexity index is 1170. The number of rotatable bonds is 9. The lowest BCUT2D eigenvalue weighted by Gasteiger charge is -2.10. The maximum Gasteiger partial charge on any atom is 0.342 e. The van der Waals surface area contributed by atoms with Crippen LogP contribution in [0, 0.1) is 24.0 Å². The highest BCUT2D eigenvalue weighted by atomic mass is 16.6. The van der Waals surface area contributed by atoms with Crippen molar-refractivity contribution in [3.05, 3.63) is 86.7 Å². The van der Waals surface area contributed by atoms with Crippen molar-refractivity contribution in [2.24, 2.45) is 0 Å². The Hall–Kier alpha value is -4.21. The summed E-state index contributed by atoms with van der Waals surface area (Å²) in [6.07, 6.45) is 0. The number of hydrogen-bond acceptors (Lipinski definition) is 7. The number of benzene rings is 2. The maximum absolute atomic E-state index is 12.3. The molecule has 0 spiro atoms. The first-order valence-electron chi connectivity index (χ1n) is 10.1. The smallest absolute Gasteiger partial charge is 0.342 e. The monoisotopic (exact) mass is 452 g/mol. The summed E-state index contributed by atoms with van der Waals surface area (Å²) in [5.41, 5.74) is 3.30. The zero-order valence-electron chi connectivity index (χ0n) is 18.5. The van der Waals surface area contributed by atoms with Crippen LogP contribution < -0.4 is 10.1 Å². The van der Waals surface area contributed by atoms with Crippen molar-refractivity contribution >= 4 is 17.6 Å². The number of aryl methyl sites for hydroxylation is 1. The molecule has 172 valence electrons. The summed E-state index contributed by atoms with van der Waals surface area (Å²) >= 11 is 0. The third kappa shape index (κ3) is 5.73. The molecule has 0 saturated carbocycles. The summed E-state index contributed by atoms with van der Waals surface area (Å²) in [7, 11) is 1.33. The van der Waals surface area contributed by atoms with Gasteiger partial charge in [0, 0.05) is 29.9 Å². The number of carbonyl (C=O) groups is 2. The second kappa shape index (κ2) is 10.4. The summed E-state index contributed by atoms with van der Waals surface area (Å²) in [5, 5.41) is 18.2. The van der Waals surface area contributed by atoms with Gasteiger partial charge in [0.2, 0.25) is 0 Å². The van der Waals surface area contributed by atoms with Gasteiger partial charge < -0.3 is 14.8 Å². The molecule has 1 amide bonds. The van der Waals surface area contributed by atoms with E-state index in [4.69, 9.17) is 9.47 Å². The molecule has 2 aromatic carbocycles. The van der Waals surface area contributed by atoms with E-state index in [1.807, 2.05) is 48.9 Å². The van der Waals surface area contributed by atoms with Crippen LogP contribution in [0.4, 0.5) is 5.69 Å². The predicted octanol–water partition coefficient (Wildman–Crippen LogP) is 2.94. The molecule has 0 saturated heterocycles. The molecule has 0 aliphatic rings. The van der Waals surface area contributed by atoms with Crippen molar-refractivity contribution in [1.29, 1.82) is 0 Å². The number of hydrogen-bond donors (Lipinski definition) is 1. The minimum Gasteiger partial charge on any atom is -0.496 e. The highest BCUT2D eigenvalue weighted by molar-refractivity contribution is 5.94. The van der Waals surface area contributed by atoms with Crippen LogP contribution in [0.25, 0.3) is 0 Å². The zero-order valence-corrected chi connectivity index (χ0v) is 18.5. The molecule has 10 heteroatoms. The van der Waals surface area contributed by atoms with Crippen molar-refractivity contribution in [2.45, 2.75) is 26.9 Å². The Kier molecular flexibility index (Phi) is 7.39. The second-order valence-electron chi connectivity index (χ2n) is 7.29. The van der Waals surface area contributed by atoms with E-state index in [9.17, 15) is 19.7 Å². The Balaban J connectivity index is 1.59. The number of methoxy groups -OCH3 is 1. The lowest BCUT2D eigenvalue weighted by molar-refractivity contribution is -0.384. The highest BCUT2D eigenvalue weighted by Gasteiger charge is 2.20. The molecule has 33 heavy (non-hydrogen) atoms. The SMILES string of the molecule is COc1ccc([N+](=O)[O-])cc1C(=O)OCC(=O)NCc1c(C)nn(Cc2ccccc2)c1C. The minimum absolute atomic E-state index is 0.114. The molecule has 0 radical (unpaired) electrons. The number of amides is 1. The Morgan fingerprint density at radius 3 is 2.55 bits per heavy atom. The van der Waals surface area contributed by atoms with E-state index < -0.39 is 23.4 Å². The summed E-state index contributed by atoms with van der Waals surface area (Å²) in [6, 6.07) is 13.5. The van der Waals surface area contributed by atoms with Crippen molar-refractivity contribution in [1.82, 2.24) is 15.1 Å². The van der Waals surface area contributed by atoms with E-state index >= 15 is 0 Å². The number of nitrogens with one attached hydrogen (secondary N) is 1. The number of nitro groups is 1. The second-order valence-corrected chi connectivity index (χ2v) is 7.29. The first kappa shape index (κ1) is 23.5. The Morgan fingerprint density at radius 1 is 1.15 bits per heavy atom. The first-order valence-corrected chi connectivity index (χ1v) is 10.1. The van der Waals surface area contributed by atoms with Crippen LogP contribution >= 0.6 is 0 Å². The molecule has 10 nitrogen and oxygen atoms in total. The molecule has 3 aromatic rings. The van der Waals surface area contributed by atoms with Crippen molar-refractivity contribution in [3.63, 3.8) is 0 Å². The topological polar surface area (TPSA) is 126 Å². The fourth-order valence-corrected chi connectivity index (χ4v) is 3.32. The van der Waals surface area contributed by atoms with Gasteiger partial charge in [0.1, 0.15) is 11.3 Å². The molecule has 0 aliphatic heterocycles. The number of ether oxygens (including phenoxy) is 2. The number of esters is 1. The molecule has 1 heterocycles. The minimum atomic E-state index is -0.895. The number of non-ortho nitro benzene ring substituents is 1. The van der Waals surface area contributed by atoms with Gasteiger partial charge in [0.25, 0.3) is 11.6 Å². The average Bonchev–Trinajstić information content (AvgIpc) is 3.08. The van der Waals surface area contributed by atoms with Crippen LogP contribution in [0.3, 0.4) is 0 Å². The molecular weight excluding hydrogens is 428 g/mol. The van der Waals surface area contributed by atoms with E-state index in [2.05, 4.69) is 10.4 Å². The van der Waals surface area contributed by atoms with Gasteiger partial charge >= 0.3 is 5.97 Å². The van der Waals surface area contributed by atoms with Gasteiger partial charge in [-0.2, -0.15) is 5.10 Å². The van der Waals surface area contributed by atoms with E-state index in [1.165, 1.54) is 19.2 Å². The zero-order chi connectivity index (χ0) is 24.0. The van der Waals surface area contributed by atoms with Crippen LogP contribution in [0.15, 0.2) is 48.5 Å². The predicted molar refractivity (Wildman–Crippen MR) is 119 cm³/mol. The van der Waals surface area contributed by atoms with Crippen LogP contribution in [-0.2, 0) is 22.6 Å². The normalized spacial score (nSPS) is 10.5. The molecule has 0 bridgehead atoms. The van der Waals surface area contributed by atoms with Crippen LogP contribution in [0.5, 0.6) is 5.75 Å². The lowest BCUT2D eigenvalue weighted by Crippen LogP contribution is -2.28. The summed E-state index contributed by atoms with van der Waals surface area (Å²) in [5.74, 6) is -1.29. The summed E-state index contributed by atoms with van der Waals surface area (Å²) in [6.45, 7) is 4.09. The van der Waals surface area contributed by atoms with Gasteiger partial charge in [-0.15, -0.1) is 0 Å². The van der Waals surface area contributed by atoms with Gasteiger partial charge in [-0.3, -0.25) is 19.6 Å². The number of nitro benzene ring substituents is 1. The number of nitrogens with zero attached hydrogens (tertiary/aromatic N) is 3. The van der Waals surface area contributed by atoms with Crippen molar-refractivity contribution in [3.8, 4) is 5.75 Å². The van der Waals surface area contributed by atoms with Gasteiger partial charge in [0.15, 0.2) is 6.61 Å². The van der Waals surface area contributed by atoms with Gasteiger partial charge in [0.05, 0.1) is 24.3 Å². The van der Waals surface area contributed by atoms with Gasteiger partial charge in [-0.25, -0.2) is 4.79 Å². The molecule has 1 N–H and O–H groups in total. The standard InChI is InChI=1S/C23H24N4O6/c1-15-20(16(2)26(25-15)13-17-7-5-4-6-8-17)12-24-22(28)14-33-23(29)19-11-18(27(30)31)9-10-21(19)32-3/h4-11H,12-14H2,1-3H3,(H,24,28). The maximum atomic E-state index is 12.3. The molecular formula is C23H24N4O6. The van der Waals surface area contributed by atoms with E-state index in [-0.39, 0.29) is 23.5 Å². The van der Waals surface area contributed by atoms with Gasteiger partial charge in [-0.1, -0.05) is 30.3 Å². The van der Waals surface area contributed by atoms with Crippen LogP contribution in [0.2, 0.25) is 0 Å². The Labute approximate surface area is 190 Å². The summed E-state index contributed by atoms with van der Waals surface area (Å²) < 4.78 is 12.0. The molecule has 0 aliphatic carbocycles. The molecule has 0 fully saturated rings. The largest absolute Gasteiger partial charge is 0.496 e. The highest BCUT2D eigenvalue weighted by Crippen LogP contribution is 2.24. The fourth-order valence-electron chi connectivity index (χ4n) is 3.32. The molecule has 0 unspecified atom stereocenters. The van der Waals surface area contributed by atoms with Crippen LogP contribution in [-0.4, -0.2) is 40.3 Å². The van der Waals surface area contributed by atoms with E-state index in [1.54, 1.807) is 0 Å². The fraction of sp³-hybridized carbons (Fsp3) is 0.261. The number of aromatic nitrogens is 2. The molecule has 1 aromatic heterocycles. The van der Waals surface area contributed by atoms with E-state index in [0.717, 1.165) is 28.6 Å². The average molecular weight is 452 g/mol. The van der Waals surface area contributed by atoms with Gasteiger partial charge in [-0.05, 0) is 25.5 Å². The third-order valence-electron chi connectivity index (χ3n) is 5.12. The summed E-state index contributed by atoms with van der Waals surface area (Å²) in [4.78, 5) is 34.9. The molecule has 3 rings (SSSR count). The molecule has 0 atom stereocenters. The van der Waals surface area contributed by atoms with Crippen molar-refractivity contribution in [2.75, 3.05) is 13.7 Å². The van der Waals surface area contributed by atoms with E-state index in [0.29, 0.717) is 6.54 Å². The number of carbonyl (C=O) groups excluding carboxylic acids is 2. The van der Waals surface area contributed by atoms with Crippen molar-refractivity contribution < 1.29 is 24.0 Å². The lowest BCUT2D eigenvalue weighted by atomic mass is 10.2. The third-order valence-corrected chi connectivity index (χ3v) is 5.12. The Morgan fingerprint density at radius 2 is 1.88 bits per heavy atom. The van der Waals surface area contributed by atoms with Crippen LogP contribution in [0.1, 0.15) is 32.9 Å².